The van der Waals surface area contributed by atoms with Crippen molar-refractivity contribution < 1.29 is 24.5 Å². The molecule has 0 unspecified atom stereocenters. The molecule has 0 N–H and O–H groups in total. The van der Waals surface area contributed by atoms with E-state index in [1.165, 1.54) is 133 Å². The summed E-state index contributed by atoms with van der Waals surface area (Å²) >= 11 is 0. The van der Waals surface area contributed by atoms with Gasteiger partial charge in [0.2, 0.25) is 0 Å². The number of aromatic nitrogens is 5. The Morgan fingerprint density at radius 1 is 0.477 bits per heavy atom. The summed E-state index contributed by atoms with van der Waals surface area (Å²) in [5.74, 6) is -0.275. The Balaban J connectivity index is 0.000000357. The number of fused-ring (bicyclic) bond motifs is 18. The first-order valence-corrected chi connectivity index (χ1v) is 30.1. The average Bonchev–Trinajstić information content (AvgIpc) is 1.44. The van der Waals surface area contributed by atoms with Crippen LogP contribution in [-0.2, 0) is 41.8 Å². The van der Waals surface area contributed by atoms with Crippen molar-refractivity contribution >= 4 is 105 Å². The van der Waals surface area contributed by atoms with Gasteiger partial charge in [-0.25, -0.2) is 0 Å². The normalized spacial score (nSPS) is 13.2. The zero-order valence-corrected chi connectivity index (χ0v) is 54.0. The first-order chi connectivity index (χ1) is 40.4. The van der Waals surface area contributed by atoms with Crippen molar-refractivity contribution in [3.05, 3.63) is 215 Å². The van der Waals surface area contributed by atoms with Gasteiger partial charge < -0.3 is 18.5 Å². The van der Waals surface area contributed by atoms with E-state index < -0.39 is 0 Å². The van der Waals surface area contributed by atoms with E-state index in [1.807, 2.05) is 32.2 Å². The minimum atomic E-state index is -0.275. The number of aryl methyl sites for hydroxylation is 2. The van der Waals surface area contributed by atoms with Gasteiger partial charge in [-0.1, -0.05) is 149 Å². The Morgan fingerprint density at radius 3 is 1.60 bits per heavy atom. The molecule has 0 atom stereocenters. The maximum absolute atomic E-state index is 12.7. The fourth-order valence-corrected chi connectivity index (χ4v) is 13.8. The molecule has 0 fully saturated rings. The molecule has 5 nitrogen and oxygen atoms in total. The molecule has 14 aromatic rings. The van der Waals surface area contributed by atoms with Crippen LogP contribution in [-0.4, -0.2) is 30.2 Å². The van der Waals surface area contributed by atoms with Crippen LogP contribution in [0.3, 0.4) is 0 Å². The zero-order chi connectivity index (χ0) is 59.1. The van der Waals surface area contributed by atoms with E-state index in [-0.39, 0.29) is 54.3 Å². The number of hydrogen-bond acceptors (Lipinski definition) is 2. The molecule has 0 bridgehead atoms. The van der Waals surface area contributed by atoms with Crippen molar-refractivity contribution in [2.24, 2.45) is 0 Å². The van der Waals surface area contributed by atoms with Gasteiger partial charge in [0, 0.05) is 81.6 Å². The van der Waals surface area contributed by atoms with Gasteiger partial charge in [-0.15, -0.1) is 59.5 Å². The van der Waals surface area contributed by atoms with Gasteiger partial charge >= 0.3 is 0 Å². The van der Waals surface area contributed by atoms with Gasteiger partial charge in [-0.3, -0.25) is 9.37 Å². The summed E-state index contributed by atoms with van der Waals surface area (Å²) in [6.07, 6.45) is 1.82. The molecule has 5 aromatic heterocycles. The van der Waals surface area contributed by atoms with Crippen LogP contribution in [0.4, 0.5) is 4.39 Å². The molecule has 0 aliphatic carbocycles. The van der Waals surface area contributed by atoms with Crippen LogP contribution in [0.25, 0.3) is 116 Å². The molecule has 16 rings (SSSR count). The maximum atomic E-state index is 12.7. The van der Waals surface area contributed by atoms with Crippen molar-refractivity contribution in [2.75, 3.05) is 0 Å². The van der Waals surface area contributed by atoms with Crippen molar-refractivity contribution in [1.29, 1.82) is 0 Å². The maximum Gasteiger partial charge on any atom is 0.252 e. The molecule has 427 valence electrons. The smallest absolute Gasteiger partial charge is 0.252 e. The fourth-order valence-electron chi connectivity index (χ4n) is 13.8. The van der Waals surface area contributed by atoms with E-state index in [9.17, 15) is 4.39 Å². The molecule has 2 aliphatic rings. The summed E-state index contributed by atoms with van der Waals surface area (Å²) in [6.45, 7) is 32.4. The predicted octanol–water partition coefficient (Wildman–Crippen LogP) is 18.1. The monoisotopic (exact) mass is 1300 g/mol. The van der Waals surface area contributed by atoms with Gasteiger partial charge in [-0.2, -0.15) is 0 Å². The fraction of sp³-hybridized carbons (Fsp3) is 0.231. The zero-order valence-electron chi connectivity index (χ0n) is 51.6. The van der Waals surface area contributed by atoms with E-state index >= 15 is 0 Å². The second kappa shape index (κ2) is 19.2. The Kier molecular flexibility index (Phi) is 12.4. The van der Waals surface area contributed by atoms with E-state index in [0.717, 1.165) is 44.4 Å². The van der Waals surface area contributed by atoms with Gasteiger partial charge in [-0.05, 0) is 169 Å². The Hall–Kier alpha value is -8.16. The minimum absolute atomic E-state index is 0. The third kappa shape index (κ3) is 8.48. The number of imidazole rings is 1. The van der Waals surface area contributed by atoms with Crippen molar-refractivity contribution in [1.82, 2.24) is 23.5 Å². The number of halogens is 1. The second-order valence-corrected chi connectivity index (χ2v) is 28.4. The number of rotatable bonds is 2. The van der Waals surface area contributed by atoms with Gasteiger partial charge in [0.1, 0.15) is 0 Å². The van der Waals surface area contributed by atoms with Crippen LogP contribution in [0, 0.1) is 31.8 Å². The first kappa shape index (κ1) is 55.7. The molecular formula is C78H69BFIrN5-2. The van der Waals surface area contributed by atoms with Crippen LogP contribution in [0.2, 0.25) is 0 Å². The molecule has 8 heteroatoms. The molecule has 0 saturated heterocycles. The topological polar surface area (TPSA) is 40.0 Å². The Morgan fingerprint density at radius 2 is 1.05 bits per heavy atom. The molecular weight excluding hydrogens is 1230 g/mol. The molecule has 0 amide bonds. The Labute approximate surface area is 517 Å². The summed E-state index contributed by atoms with van der Waals surface area (Å²) < 4.78 is 20.4. The summed E-state index contributed by atoms with van der Waals surface area (Å²) in [6, 6.07) is 64.7. The number of nitrogens with zero attached hydrogens (tertiary/aromatic N) is 5. The van der Waals surface area contributed by atoms with Crippen LogP contribution in [0.15, 0.2) is 164 Å². The molecule has 0 saturated carbocycles. The standard InChI is InChI=1S/C65H58BN4.C13H11FN.Ir/c1-62(2,3)38-22-25-53-45(30-38)47-32-40(64(7,8)9)34-49-59(47)68(53)56-28-37(36-21-24-51-55(27-36)70-52-20-16-15-18-43(52)42-17-13-14-19-44(42)61(70)67-51)29-57-58(56)66(49)50-35-41(65(10,11)12)33-48-46-31-39(63(4,5)6)23-26-54(46)69(57)60(48)50;1-9-7-13(15-8-10(9)2)11-3-5-12(14)6-4-11;/h13-18,20-35H,1-12H3;3,5-8H,1-2H3;/q2*-1;. The van der Waals surface area contributed by atoms with Crippen LogP contribution in [0.1, 0.15) is 116 Å². The van der Waals surface area contributed by atoms with Crippen LogP contribution >= 0.6 is 0 Å². The molecule has 7 heterocycles. The van der Waals surface area contributed by atoms with Crippen LogP contribution < -0.4 is 16.4 Å². The quantitative estimate of drug-likeness (QED) is 0.0983. The van der Waals surface area contributed by atoms with Gasteiger partial charge in [0.05, 0.1) is 27.7 Å². The van der Waals surface area contributed by atoms with Crippen LogP contribution in [0.5, 0.6) is 0 Å². The number of para-hydroxylation sites is 1. The van der Waals surface area contributed by atoms with Gasteiger partial charge in [0.25, 0.3) is 6.71 Å². The van der Waals surface area contributed by atoms with E-state index in [2.05, 4.69) is 241 Å². The average molecular weight is 1300 g/mol. The Bertz CT molecular complexity index is 5020. The van der Waals surface area contributed by atoms with E-state index in [0.29, 0.717) is 0 Å². The summed E-state index contributed by atoms with van der Waals surface area (Å²) in [4.78, 5) is 9.61. The first-order valence-electron chi connectivity index (χ1n) is 30.1. The molecule has 9 aromatic carbocycles. The third-order valence-electron chi connectivity index (χ3n) is 18.7. The SMILES string of the molecule is CC(C)(C)c1ccc2c(c1)c1cc(C(C)(C)C)cc3c1n2-c1cc(-c2ccc4nc5c6[c-]cccc6c6ccccc6n5c4c2)cc2c1B3c1cc(C(C)(C)C)cc3c4cc(C(C)(C)C)ccc4n-2c13.Cc1cnc(-c2[c-]cc(F)cc2)cc1C.[Ir]. The number of hydrogen-bond donors (Lipinski definition) is 0. The second-order valence-electron chi connectivity index (χ2n) is 28.4. The summed E-state index contributed by atoms with van der Waals surface area (Å²) in [5, 5.41) is 8.75. The van der Waals surface area contributed by atoms with Crippen molar-refractivity contribution in [3.63, 3.8) is 0 Å². The van der Waals surface area contributed by atoms with E-state index in [1.54, 1.807) is 6.07 Å². The van der Waals surface area contributed by atoms with Crippen molar-refractivity contribution in [2.45, 2.75) is 119 Å². The number of pyridine rings is 2. The van der Waals surface area contributed by atoms with E-state index in [4.69, 9.17) is 4.98 Å². The number of benzene rings is 9. The van der Waals surface area contributed by atoms with Crippen molar-refractivity contribution in [3.8, 4) is 33.8 Å². The molecule has 0 spiro atoms. The minimum Gasteiger partial charge on any atom is -0.333 e. The summed E-state index contributed by atoms with van der Waals surface area (Å²) in [7, 11) is 0. The largest absolute Gasteiger partial charge is 0.333 e. The predicted molar refractivity (Wildman–Crippen MR) is 358 cm³/mol. The third-order valence-corrected chi connectivity index (χ3v) is 18.7. The van der Waals surface area contributed by atoms with Gasteiger partial charge in [0.15, 0.2) is 0 Å². The molecule has 2 aliphatic heterocycles. The molecule has 1 radical (unpaired) electrons. The summed E-state index contributed by atoms with van der Waals surface area (Å²) in [5.41, 5.74) is 27.7. The molecule has 86 heavy (non-hydrogen) atoms.